The zero-order chi connectivity index (χ0) is 17.0. The molecule has 0 radical (unpaired) electrons. The first kappa shape index (κ1) is 17.6. The van der Waals surface area contributed by atoms with Crippen LogP contribution in [-0.4, -0.2) is 17.9 Å². The van der Waals surface area contributed by atoms with Crippen LogP contribution in [0.25, 0.3) is 0 Å². The topological polar surface area (TPSA) is 29.5 Å². The molecule has 1 aliphatic carbocycles. The Bertz CT molecular complexity index is 601. The monoisotopic (exact) mass is 326 g/mol. The molecule has 1 aromatic carbocycles. The first-order valence-corrected chi connectivity index (χ1v) is 7.66. The molecule has 0 saturated heterocycles. The van der Waals surface area contributed by atoms with E-state index in [0.717, 1.165) is 18.4 Å². The van der Waals surface area contributed by atoms with E-state index in [1.165, 1.54) is 18.2 Å². The molecule has 0 aliphatic heterocycles. The number of alkyl halides is 3. The van der Waals surface area contributed by atoms with Gasteiger partial charge >= 0.3 is 6.18 Å². The molecule has 1 unspecified atom stereocenters. The van der Waals surface area contributed by atoms with E-state index in [9.17, 15) is 18.3 Å². The number of aliphatic hydroxyl groups excluding tert-OH is 1. The Hall–Kier alpha value is -1.75. The Morgan fingerprint density at radius 3 is 2.52 bits per heavy atom. The van der Waals surface area contributed by atoms with Crippen molar-refractivity contribution in [2.24, 2.45) is 0 Å². The number of rotatable bonds is 5. The van der Waals surface area contributed by atoms with Crippen LogP contribution in [-0.2, 0) is 0 Å². The van der Waals surface area contributed by atoms with Gasteiger partial charge in [-0.3, -0.25) is 0 Å². The van der Waals surface area contributed by atoms with Crippen LogP contribution < -0.4 is 4.74 Å². The molecule has 0 aromatic heterocycles. The minimum atomic E-state index is -4.67. The third kappa shape index (κ3) is 4.61. The molecule has 0 amide bonds. The molecule has 126 valence electrons. The number of ether oxygens (including phenoxy) is 1. The molecule has 0 saturated carbocycles. The lowest BCUT2D eigenvalue weighted by molar-refractivity contribution is -0.206. The van der Waals surface area contributed by atoms with Gasteiger partial charge in [0.1, 0.15) is 12.4 Å². The van der Waals surface area contributed by atoms with E-state index in [4.69, 9.17) is 4.74 Å². The summed E-state index contributed by atoms with van der Waals surface area (Å²) in [5, 5.41) is 9.40. The number of hydrogen-bond acceptors (Lipinski definition) is 2. The van der Waals surface area contributed by atoms with Crippen LogP contribution in [0.2, 0.25) is 0 Å². The van der Waals surface area contributed by atoms with Crippen molar-refractivity contribution in [3.05, 3.63) is 53.1 Å². The summed E-state index contributed by atoms with van der Waals surface area (Å²) >= 11 is 0. The lowest BCUT2D eigenvalue weighted by Gasteiger charge is -2.20. The average molecular weight is 326 g/mol. The summed E-state index contributed by atoms with van der Waals surface area (Å²) in [5.74, 6) is 0.541. The van der Waals surface area contributed by atoms with E-state index < -0.39 is 12.3 Å². The molecular weight excluding hydrogens is 305 g/mol. The Morgan fingerprint density at radius 1 is 1.22 bits per heavy atom. The fraction of sp³-hybridized carbons (Fsp3) is 0.444. The highest BCUT2D eigenvalue weighted by Gasteiger charge is 2.39. The molecule has 2 nitrogen and oxygen atoms in total. The van der Waals surface area contributed by atoms with Crippen molar-refractivity contribution in [2.75, 3.05) is 6.61 Å². The number of halogens is 3. The van der Waals surface area contributed by atoms with Crippen molar-refractivity contribution >= 4 is 0 Å². The number of hydrogen-bond donors (Lipinski definition) is 1. The maximum absolute atomic E-state index is 12.7. The van der Waals surface area contributed by atoms with Gasteiger partial charge in [0.25, 0.3) is 0 Å². The Morgan fingerprint density at radius 2 is 1.96 bits per heavy atom. The minimum Gasteiger partial charge on any atom is -0.489 e. The van der Waals surface area contributed by atoms with E-state index in [1.54, 1.807) is 0 Å². The SMILES string of the molecule is CC(C)c1cc(C(O)C(F)(F)F)ccc1OCC1=CCCC=C1. The van der Waals surface area contributed by atoms with E-state index >= 15 is 0 Å². The fourth-order valence-corrected chi connectivity index (χ4v) is 2.44. The Labute approximate surface area is 134 Å². The van der Waals surface area contributed by atoms with Crippen LogP contribution in [0.3, 0.4) is 0 Å². The first-order valence-electron chi connectivity index (χ1n) is 7.66. The van der Waals surface area contributed by atoms with Crippen LogP contribution >= 0.6 is 0 Å². The largest absolute Gasteiger partial charge is 0.489 e. The van der Waals surface area contributed by atoms with Crippen molar-refractivity contribution in [3.8, 4) is 5.75 Å². The summed E-state index contributed by atoms with van der Waals surface area (Å²) in [4.78, 5) is 0. The van der Waals surface area contributed by atoms with Crippen LogP contribution in [0.4, 0.5) is 13.2 Å². The third-order valence-electron chi connectivity index (χ3n) is 3.75. The number of allylic oxidation sites excluding steroid dienone is 2. The van der Waals surface area contributed by atoms with E-state index in [1.807, 2.05) is 19.9 Å². The first-order chi connectivity index (χ1) is 10.8. The standard InChI is InChI=1S/C18H21F3O2/c1-12(2)15-10-14(17(22)18(19,20)21)8-9-16(15)23-11-13-6-4-3-5-7-13/h4,6-10,12,17,22H,3,5,11H2,1-2H3. The van der Waals surface area contributed by atoms with Gasteiger partial charge in [0, 0.05) is 0 Å². The van der Waals surface area contributed by atoms with E-state index in [2.05, 4.69) is 12.2 Å². The minimum absolute atomic E-state index is 0.0127. The van der Waals surface area contributed by atoms with Gasteiger partial charge in [-0.2, -0.15) is 13.2 Å². The molecule has 0 bridgehead atoms. The predicted octanol–water partition coefficient (Wildman–Crippen LogP) is 5.06. The van der Waals surface area contributed by atoms with Gasteiger partial charge < -0.3 is 9.84 Å². The quantitative estimate of drug-likeness (QED) is 0.819. The summed E-state index contributed by atoms with van der Waals surface area (Å²) in [5.41, 5.74) is 1.56. The molecule has 1 N–H and O–H groups in total. The Balaban J connectivity index is 2.19. The Kier molecular flexibility index (Phi) is 5.52. The van der Waals surface area contributed by atoms with Crippen molar-refractivity contribution in [1.29, 1.82) is 0 Å². The molecule has 0 heterocycles. The molecule has 0 spiro atoms. The molecule has 23 heavy (non-hydrogen) atoms. The predicted molar refractivity (Wildman–Crippen MR) is 83.5 cm³/mol. The van der Waals surface area contributed by atoms with Crippen molar-refractivity contribution in [1.82, 2.24) is 0 Å². The molecular formula is C18H21F3O2. The van der Waals surface area contributed by atoms with E-state index in [-0.39, 0.29) is 11.5 Å². The summed E-state index contributed by atoms with van der Waals surface area (Å²) in [7, 11) is 0. The van der Waals surface area contributed by atoms with Gasteiger partial charge in [0.2, 0.25) is 0 Å². The fourth-order valence-electron chi connectivity index (χ4n) is 2.44. The average Bonchev–Trinajstić information content (AvgIpc) is 2.52. The van der Waals surface area contributed by atoms with Crippen molar-refractivity contribution < 1.29 is 23.0 Å². The van der Waals surface area contributed by atoms with Crippen LogP contribution in [0.5, 0.6) is 5.75 Å². The van der Waals surface area contributed by atoms with Crippen molar-refractivity contribution in [2.45, 2.75) is 44.9 Å². The van der Waals surface area contributed by atoms with Gasteiger partial charge in [0.15, 0.2) is 6.10 Å². The van der Waals surface area contributed by atoms with Crippen LogP contribution in [0.1, 0.15) is 49.8 Å². The van der Waals surface area contributed by atoms with Crippen LogP contribution in [0, 0.1) is 0 Å². The zero-order valence-electron chi connectivity index (χ0n) is 13.2. The zero-order valence-corrected chi connectivity index (χ0v) is 13.2. The van der Waals surface area contributed by atoms with Gasteiger partial charge in [-0.25, -0.2) is 0 Å². The molecule has 2 rings (SSSR count). The lowest BCUT2D eigenvalue weighted by atomic mass is 9.97. The molecule has 0 fully saturated rings. The van der Waals surface area contributed by atoms with Gasteiger partial charge in [0.05, 0.1) is 0 Å². The number of aliphatic hydroxyl groups is 1. The molecule has 5 heteroatoms. The second-order valence-electron chi connectivity index (χ2n) is 5.94. The molecule has 1 atom stereocenters. The normalized spacial score (nSPS) is 16.4. The second-order valence-corrected chi connectivity index (χ2v) is 5.94. The maximum Gasteiger partial charge on any atom is 0.418 e. The highest BCUT2D eigenvalue weighted by Crippen LogP contribution is 2.36. The summed E-state index contributed by atoms with van der Waals surface area (Å²) in [6, 6.07) is 4.15. The summed E-state index contributed by atoms with van der Waals surface area (Å²) < 4.78 is 43.8. The lowest BCUT2D eigenvalue weighted by Crippen LogP contribution is -2.20. The van der Waals surface area contributed by atoms with E-state index in [0.29, 0.717) is 17.9 Å². The summed E-state index contributed by atoms with van der Waals surface area (Å²) in [6.07, 6.45) is 1.02. The smallest absolute Gasteiger partial charge is 0.418 e. The van der Waals surface area contributed by atoms with Gasteiger partial charge in [-0.15, -0.1) is 0 Å². The van der Waals surface area contributed by atoms with Gasteiger partial charge in [-0.1, -0.05) is 38.1 Å². The summed E-state index contributed by atoms with van der Waals surface area (Å²) in [6.45, 7) is 4.15. The molecule has 1 aliphatic rings. The maximum atomic E-state index is 12.7. The third-order valence-corrected chi connectivity index (χ3v) is 3.75. The molecule has 1 aromatic rings. The van der Waals surface area contributed by atoms with Crippen LogP contribution in [0.15, 0.2) is 42.0 Å². The highest BCUT2D eigenvalue weighted by molar-refractivity contribution is 5.41. The number of benzene rings is 1. The van der Waals surface area contributed by atoms with Crippen molar-refractivity contribution in [3.63, 3.8) is 0 Å². The second kappa shape index (κ2) is 7.21. The highest BCUT2D eigenvalue weighted by atomic mass is 19.4. The van der Waals surface area contributed by atoms with Gasteiger partial charge in [-0.05, 0) is 47.6 Å².